The van der Waals surface area contributed by atoms with Gasteiger partial charge in [-0.3, -0.25) is 9.59 Å². The van der Waals surface area contributed by atoms with E-state index in [0.29, 0.717) is 5.56 Å². The number of hydrogen-bond acceptors (Lipinski definition) is 2. The number of nitrogens with one attached hydrogen (secondary N) is 2. The molecule has 2 amide bonds. The van der Waals surface area contributed by atoms with E-state index >= 15 is 0 Å². The van der Waals surface area contributed by atoms with Crippen LogP contribution in [0.5, 0.6) is 0 Å². The molecule has 0 aliphatic rings. The molecule has 0 aliphatic heterocycles. The highest BCUT2D eigenvalue weighted by Crippen LogP contribution is 2.19. The number of hydrogen-bond donors (Lipinski definition) is 2. The van der Waals surface area contributed by atoms with Gasteiger partial charge < -0.3 is 10.6 Å². The third-order valence-corrected chi connectivity index (χ3v) is 3.78. The van der Waals surface area contributed by atoms with Crippen molar-refractivity contribution in [2.24, 2.45) is 0 Å². The van der Waals surface area contributed by atoms with Crippen LogP contribution in [0, 0.1) is 27.7 Å². The van der Waals surface area contributed by atoms with Crippen molar-refractivity contribution < 1.29 is 9.59 Å². The molecule has 4 heteroatoms. The van der Waals surface area contributed by atoms with Crippen LogP contribution in [0.4, 0.5) is 5.69 Å². The third-order valence-electron chi connectivity index (χ3n) is 3.78. The van der Waals surface area contributed by atoms with Crippen molar-refractivity contribution in [3.05, 3.63) is 64.2 Å². The van der Waals surface area contributed by atoms with Crippen molar-refractivity contribution in [1.82, 2.24) is 5.32 Å². The highest BCUT2D eigenvalue weighted by atomic mass is 16.2. The second-order valence-electron chi connectivity index (χ2n) is 5.82. The summed E-state index contributed by atoms with van der Waals surface area (Å²) in [6.45, 7) is 7.69. The van der Waals surface area contributed by atoms with E-state index in [-0.39, 0.29) is 18.4 Å². The molecule has 0 saturated heterocycles. The van der Waals surface area contributed by atoms with Crippen LogP contribution in [0.1, 0.15) is 32.6 Å². The molecule has 0 saturated carbocycles. The second-order valence-corrected chi connectivity index (χ2v) is 5.82. The first-order chi connectivity index (χ1) is 10.9. The van der Waals surface area contributed by atoms with Crippen LogP contribution in [0.25, 0.3) is 0 Å². The molecule has 0 unspecified atom stereocenters. The second kappa shape index (κ2) is 7.09. The van der Waals surface area contributed by atoms with Crippen molar-refractivity contribution in [2.75, 3.05) is 11.9 Å². The van der Waals surface area contributed by atoms with Crippen molar-refractivity contribution in [2.45, 2.75) is 27.7 Å². The Hall–Kier alpha value is -2.62. The highest BCUT2D eigenvalue weighted by molar-refractivity contribution is 6.00. The minimum Gasteiger partial charge on any atom is -0.343 e. The molecule has 4 nitrogen and oxygen atoms in total. The molecule has 0 aliphatic carbocycles. The third kappa shape index (κ3) is 4.19. The standard InChI is InChI=1S/C19H22N2O2/c1-12-8-9-16(15(4)10-12)19(23)20-11-17(22)21-18-13(2)6-5-7-14(18)3/h5-10H,11H2,1-4H3,(H,20,23)(H,21,22). The minimum absolute atomic E-state index is 0.0556. The van der Waals surface area contributed by atoms with Gasteiger partial charge in [-0.15, -0.1) is 0 Å². The SMILES string of the molecule is Cc1ccc(C(=O)NCC(=O)Nc2c(C)cccc2C)c(C)c1. The summed E-state index contributed by atoms with van der Waals surface area (Å²) in [5.74, 6) is -0.473. The topological polar surface area (TPSA) is 58.2 Å². The molecule has 120 valence electrons. The average molecular weight is 310 g/mol. The number of amides is 2. The van der Waals surface area contributed by atoms with Gasteiger partial charge in [0.25, 0.3) is 5.91 Å². The van der Waals surface area contributed by atoms with E-state index in [1.807, 2.05) is 58.0 Å². The van der Waals surface area contributed by atoms with Crippen molar-refractivity contribution in [1.29, 1.82) is 0 Å². The van der Waals surface area contributed by atoms with Crippen molar-refractivity contribution in [3.63, 3.8) is 0 Å². The Balaban J connectivity index is 1.98. The summed E-state index contributed by atoms with van der Waals surface area (Å²) in [6.07, 6.45) is 0. The Bertz CT molecular complexity index is 731. The van der Waals surface area contributed by atoms with Gasteiger partial charge in [-0.05, 0) is 50.5 Å². The van der Waals surface area contributed by atoms with Crippen LogP contribution in [0.15, 0.2) is 36.4 Å². The Labute approximate surface area is 136 Å². The van der Waals surface area contributed by atoms with Gasteiger partial charge in [0.2, 0.25) is 5.91 Å². The monoisotopic (exact) mass is 310 g/mol. The summed E-state index contributed by atoms with van der Waals surface area (Å²) >= 11 is 0. The lowest BCUT2D eigenvalue weighted by Gasteiger charge is -2.12. The molecule has 0 aromatic heterocycles. The van der Waals surface area contributed by atoms with Crippen LogP contribution in [-0.4, -0.2) is 18.4 Å². The molecular weight excluding hydrogens is 288 g/mol. The van der Waals surface area contributed by atoms with Gasteiger partial charge in [0.1, 0.15) is 0 Å². The lowest BCUT2D eigenvalue weighted by molar-refractivity contribution is -0.115. The summed E-state index contributed by atoms with van der Waals surface area (Å²) in [5, 5.41) is 5.52. The summed E-state index contributed by atoms with van der Waals surface area (Å²) in [7, 11) is 0. The Morgan fingerprint density at radius 3 is 2.17 bits per heavy atom. The van der Waals surface area contributed by atoms with Gasteiger partial charge in [0.15, 0.2) is 0 Å². The molecule has 2 aromatic carbocycles. The maximum atomic E-state index is 12.2. The number of para-hydroxylation sites is 1. The normalized spacial score (nSPS) is 10.3. The Morgan fingerprint density at radius 2 is 1.57 bits per heavy atom. The fourth-order valence-electron chi connectivity index (χ4n) is 2.52. The number of anilines is 1. The van der Waals surface area contributed by atoms with E-state index in [2.05, 4.69) is 10.6 Å². The highest BCUT2D eigenvalue weighted by Gasteiger charge is 2.12. The molecule has 0 spiro atoms. The van der Waals surface area contributed by atoms with Crippen LogP contribution in [0.3, 0.4) is 0 Å². The van der Waals surface area contributed by atoms with Gasteiger partial charge in [0.05, 0.1) is 6.54 Å². The predicted octanol–water partition coefficient (Wildman–Crippen LogP) is 3.29. The molecule has 0 fully saturated rings. The fraction of sp³-hybridized carbons (Fsp3) is 0.263. The first-order valence-corrected chi connectivity index (χ1v) is 7.60. The molecular formula is C19H22N2O2. The minimum atomic E-state index is -0.237. The maximum absolute atomic E-state index is 12.2. The molecule has 2 N–H and O–H groups in total. The van der Waals surface area contributed by atoms with Gasteiger partial charge >= 0.3 is 0 Å². The van der Waals surface area contributed by atoms with Gasteiger partial charge in [0, 0.05) is 11.3 Å². The van der Waals surface area contributed by atoms with Crippen LogP contribution in [0.2, 0.25) is 0 Å². The van der Waals surface area contributed by atoms with E-state index in [0.717, 1.165) is 27.9 Å². The zero-order valence-corrected chi connectivity index (χ0v) is 14.0. The smallest absolute Gasteiger partial charge is 0.251 e. The summed E-state index contributed by atoms with van der Waals surface area (Å²) in [6, 6.07) is 11.4. The lowest BCUT2D eigenvalue weighted by atomic mass is 10.1. The zero-order chi connectivity index (χ0) is 17.0. The van der Waals surface area contributed by atoms with Crippen LogP contribution in [-0.2, 0) is 4.79 Å². The van der Waals surface area contributed by atoms with Gasteiger partial charge in [-0.25, -0.2) is 0 Å². The number of aryl methyl sites for hydroxylation is 4. The Kier molecular flexibility index (Phi) is 5.16. The molecule has 2 rings (SSSR count). The molecule has 23 heavy (non-hydrogen) atoms. The lowest BCUT2D eigenvalue weighted by Crippen LogP contribution is -2.33. The Morgan fingerprint density at radius 1 is 0.913 bits per heavy atom. The van der Waals surface area contributed by atoms with E-state index < -0.39 is 0 Å². The number of rotatable bonds is 4. The molecule has 0 atom stereocenters. The van der Waals surface area contributed by atoms with E-state index in [4.69, 9.17) is 0 Å². The maximum Gasteiger partial charge on any atom is 0.251 e. The van der Waals surface area contributed by atoms with Crippen molar-refractivity contribution >= 4 is 17.5 Å². The number of carbonyl (C=O) groups is 2. The van der Waals surface area contributed by atoms with E-state index in [9.17, 15) is 9.59 Å². The van der Waals surface area contributed by atoms with Crippen molar-refractivity contribution in [3.8, 4) is 0 Å². The molecule has 0 radical (unpaired) electrons. The first-order valence-electron chi connectivity index (χ1n) is 7.60. The van der Waals surface area contributed by atoms with E-state index in [1.165, 1.54) is 0 Å². The number of carbonyl (C=O) groups excluding carboxylic acids is 2. The van der Waals surface area contributed by atoms with Crippen LogP contribution >= 0.6 is 0 Å². The van der Waals surface area contributed by atoms with Gasteiger partial charge in [-0.1, -0.05) is 35.9 Å². The first kappa shape index (κ1) is 16.7. The summed E-state index contributed by atoms with van der Waals surface area (Å²) in [5.41, 5.74) is 5.40. The summed E-state index contributed by atoms with van der Waals surface area (Å²) in [4.78, 5) is 24.2. The fourth-order valence-corrected chi connectivity index (χ4v) is 2.52. The zero-order valence-electron chi connectivity index (χ0n) is 14.0. The van der Waals surface area contributed by atoms with Gasteiger partial charge in [-0.2, -0.15) is 0 Å². The largest absolute Gasteiger partial charge is 0.343 e. The molecule has 0 bridgehead atoms. The number of benzene rings is 2. The van der Waals surface area contributed by atoms with Crippen LogP contribution < -0.4 is 10.6 Å². The molecule has 2 aromatic rings. The van der Waals surface area contributed by atoms with E-state index in [1.54, 1.807) is 6.07 Å². The molecule has 0 heterocycles. The quantitative estimate of drug-likeness (QED) is 0.910. The summed E-state index contributed by atoms with van der Waals surface area (Å²) < 4.78 is 0. The average Bonchev–Trinajstić information content (AvgIpc) is 2.49. The predicted molar refractivity (Wildman–Crippen MR) is 92.8 cm³/mol.